The number of ether oxygens (including phenoxy) is 2. The first-order valence-electron chi connectivity index (χ1n) is 8.78. The van der Waals surface area contributed by atoms with Gasteiger partial charge in [0.1, 0.15) is 5.76 Å². The maximum absolute atomic E-state index is 12.7. The zero-order chi connectivity index (χ0) is 18.4. The monoisotopic (exact) mass is 366 g/mol. The van der Waals surface area contributed by atoms with Crippen LogP contribution in [0.4, 0.5) is 8.78 Å². The molecule has 1 fully saturated rings. The second-order valence-electron chi connectivity index (χ2n) is 6.23. The van der Waals surface area contributed by atoms with E-state index in [2.05, 4.69) is 15.0 Å². The van der Waals surface area contributed by atoms with E-state index in [0.29, 0.717) is 24.4 Å². The predicted molar refractivity (Wildman–Crippen MR) is 93.6 cm³/mol. The predicted octanol–water partition coefficient (Wildman–Crippen LogP) is 3.82. The lowest BCUT2D eigenvalue weighted by Gasteiger charge is -2.26. The minimum Gasteiger partial charge on any atom is -0.493 e. The molecular weight excluding hydrogens is 342 g/mol. The Morgan fingerprint density at radius 2 is 2.00 bits per heavy atom. The van der Waals surface area contributed by atoms with E-state index < -0.39 is 6.61 Å². The molecule has 3 rings (SSSR count). The quantitative estimate of drug-likeness (QED) is 0.731. The van der Waals surface area contributed by atoms with Crippen LogP contribution in [-0.2, 0) is 6.54 Å². The van der Waals surface area contributed by atoms with Crippen molar-refractivity contribution < 1.29 is 22.7 Å². The summed E-state index contributed by atoms with van der Waals surface area (Å²) >= 11 is 0. The molecule has 0 amide bonds. The average Bonchev–Trinajstić information content (AvgIpc) is 3.33. The van der Waals surface area contributed by atoms with E-state index in [0.717, 1.165) is 18.8 Å². The van der Waals surface area contributed by atoms with Crippen molar-refractivity contribution >= 4 is 0 Å². The third-order valence-corrected chi connectivity index (χ3v) is 4.59. The Morgan fingerprint density at radius 3 is 2.65 bits per heavy atom. The summed E-state index contributed by atoms with van der Waals surface area (Å²) in [6.07, 6.45) is 4.04. The number of halogens is 2. The number of rotatable bonds is 9. The second kappa shape index (κ2) is 9.00. The largest absolute Gasteiger partial charge is 0.493 e. The van der Waals surface area contributed by atoms with Gasteiger partial charge in [0.2, 0.25) is 0 Å². The molecule has 26 heavy (non-hydrogen) atoms. The first kappa shape index (κ1) is 18.7. The van der Waals surface area contributed by atoms with Gasteiger partial charge in [-0.3, -0.25) is 4.90 Å². The Labute approximate surface area is 151 Å². The SMILES string of the molecule is COc1cccc(CNCC(c2ccco2)N2CCCC2)c1OC(F)F. The van der Waals surface area contributed by atoms with Crippen molar-refractivity contribution in [2.75, 3.05) is 26.7 Å². The number of benzene rings is 1. The lowest BCUT2D eigenvalue weighted by molar-refractivity contribution is -0.0518. The number of hydrogen-bond donors (Lipinski definition) is 1. The maximum Gasteiger partial charge on any atom is 0.387 e. The molecular formula is C19H24F2N2O3. The van der Waals surface area contributed by atoms with Crippen molar-refractivity contribution in [2.24, 2.45) is 0 Å². The van der Waals surface area contributed by atoms with E-state index in [1.54, 1.807) is 24.5 Å². The number of hydrogen-bond acceptors (Lipinski definition) is 5. The van der Waals surface area contributed by atoms with Crippen LogP contribution < -0.4 is 14.8 Å². The van der Waals surface area contributed by atoms with E-state index in [1.165, 1.54) is 20.0 Å². The lowest BCUT2D eigenvalue weighted by Crippen LogP contribution is -2.33. The van der Waals surface area contributed by atoms with Crippen LogP contribution in [0.2, 0.25) is 0 Å². The van der Waals surface area contributed by atoms with E-state index in [9.17, 15) is 8.78 Å². The molecule has 5 nitrogen and oxygen atoms in total. The zero-order valence-corrected chi connectivity index (χ0v) is 14.8. The Bertz CT molecular complexity index is 673. The van der Waals surface area contributed by atoms with Crippen LogP contribution >= 0.6 is 0 Å². The van der Waals surface area contributed by atoms with Gasteiger partial charge in [-0.1, -0.05) is 12.1 Å². The zero-order valence-electron chi connectivity index (χ0n) is 14.8. The fourth-order valence-electron chi connectivity index (χ4n) is 3.37. The van der Waals surface area contributed by atoms with Gasteiger partial charge in [0.25, 0.3) is 0 Å². The van der Waals surface area contributed by atoms with Gasteiger partial charge in [-0.2, -0.15) is 8.78 Å². The highest BCUT2D eigenvalue weighted by Gasteiger charge is 2.25. The number of methoxy groups -OCH3 is 1. The smallest absolute Gasteiger partial charge is 0.387 e. The third kappa shape index (κ3) is 4.53. The van der Waals surface area contributed by atoms with Crippen LogP contribution in [0.3, 0.4) is 0 Å². The summed E-state index contributed by atoms with van der Waals surface area (Å²) in [4.78, 5) is 2.38. The van der Waals surface area contributed by atoms with Crippen molar-refractivity contribution in [3.63, 3.8) is 0 Å². The molecule has 1 unspecified atom stereocenters. The highest BCUT2D eigenvalue weighted by Crippen LogP contribution is 2.32. The van der Waals surface area contributed by atoms with Crippen LogP contribution in [0.15, 0.2) is 41.0 Å². The molecule has 0 aliphatic carbocycles. The van der Waals surface area contributed by atoms with Gasteiger partial charge in [0.05, 0.1) is 19.4 Å². The van der Waals surface area contributed by atoms with Gasteiger partial charge in [-0.05, 0) is 44.1 Å². The van der Waals surface area contributed by atoms with Crippen LogP contribution in [-0.4, -0.2) is 38.3 Å². The summed E-state index contributed by atoms with van der Waals surface area (Å²) in [6, 6.07) is 9.11. The number of likely N-dealkylation sites (tertiary alicyclic amines) is 1. The van der Waals surface area contributed by atoms with E-state index in [1.807, 2.05) is 12.1 Å². The molecule has 0 bridgehead atoms. The number of nitrogens with one attached hydrogen (secondary N) is 1. The fourth-order valence-corrected chi connectivity index (χ4v) is 3.37. The van der Waals surface area contributed by atoms with Gasteiger partial charge >= 0.3 is 6.61 Å². The number of furan rings is 1. The Hall–Kier alpha value is -2.12. The van der Waals surface area contributed by atoms with Gasteiger partial charge in [-0.25, -0.2) is 0 Å². The minimum atomic E-state index is -2.90. The molecule has 1 saturated heterocycles. The van der Waals surface area contributed by atoms with E-state index in [-0.39, 0.29) is 11.8 Å². The number of nitrogens with zero attached hydrogens (tertiary/aromatic N) is 1. The summed E-state index contributed by atoms with van der Waals surface area (Å²) < 4.78 is 40.9. The summed E-state index contributed by atoms with van der Waals surface area (Å²) in [7, 11) is 1.44. The average molecular weight is 366 g/mol. The Kier molecular flexibility index (Phi) is 6.46. The Morgan fingerprint density at radius 1 is 1.19 bits per heavy atom. The standard InChI is InChI=1S/C19H24F2N2O3/c1-24-17-7-4-6-14(18(17)26-19(20)21)12-22-13-15(16-8-5-11-25-16)23-9-2-3-10-23/h4-8,11,15,19,22H,2-3,9-10,12-13H2,1H3. The van der Waals surface area contributed by atoms with Crippen LogP contribution in [0, 0.1) is 0 Å². The molecule has 0 saturated carbocycles. The number of para-hydroxylation sites is 1. The molecule has 7 heteroatoms. The van der Waals surface area contributed by atoms with Crippen LogP contribution in [0.1, 0.15) is 30.2 Å². The van der Waals surface area contributed by atoms with Crippen molar-refractivity contribution in [1.82, 2.24) is 10.2 Å². The third-order valence-electron chi connectivity index (χ3n) is 4.59. The lowest BCUT2D eigenvalue weighted by atomic mass is 10.1. The molecule has 2 aromatic rings. The molecule has 0 radical (unpaired) electrons. The van der Waals surface area contributed by atoms with Gasteiger partial charge in [-0.15, -0.1) is 0 Å². The molecule has 1 N–H and O–H groups in total. The van der Waals surface area contributed by atoms with E-state index in [4.69, 9.17) is 9.15 Å². The van der Waals surface area contributed by atoms with Gasteiger partial charge in [0, 0.05) is 18.7 Å². The van der Waals surface area contributed by atoms with Gasteiger partial charge < -0.3 is 19.2 Å². The fraction of sp³-hybridized carbons (Fsp3) is 0.474. The first-order chi connectivity index (χ1) is 12.7. The van der Waals surface area contributed by atoms with Crippen molar-refractivity contribution in [3.05, 3.63) is 47.9 Å². The topological polar surface area (TPSA) is 46.9 Å². The second-order valence-corrected chi connectivity index (χ2v) is 6.23. The normalized spacial score (nSPS) is 16.2. The van der Waals surface area contributed by atoms with Gasteiger partial charge in [0.15, 0.2) is 11.5 Å². The molecule has 1 aromatic heterocycles. The highest BCUT2D eigenvalue weighted by atomic mass is 19.3. The minimum absolute atomic E-state index is 0.0771. The van der Waals surface area contributed by atoms with Crippen LogP contribution in [0.25, 0.3) is 0 Å². The molecule has 2 heterocycles. The first-order valence-corrected chi connectivity index (χ1v) is 8.78. The maximum atomic E-state index is 12.7. The Balaban J connectivity index is 1.68. The molecule has 1 atom stereocenters. The van der Waals surface area contributed by atoms with Crippen LogP contribution in [0.5, 0.6) is 11.5 Å². The summed E-state index contributed by atoms with van der Waals surface area (Å²) in [5.41, 5.74) is 0.629. The molecule has 0 spiro atoms. The number of alkyl halides is 2. The summed E-state index contributed by atoms with van der Waals surface area (Å²) in [5, 5.41) is 3.35. The molecule has 1 aliphatic heterocycles. The highest BCUT2D eigenvalue weighted by molar-refractivity contribution is 5.46. The molecule has 1 aliphatic rings. The molecule has 142 valence electrons. The van der Waals surface area contributed by atoms with Crippen molar-refractivity contribution in [3.8, 4) is 11.5 Å². The van der Waals surface area contributed by atoms with E-state index >= 15 is 0 Å². The van der Waals surface area contributed by atoms with Crippen molar-refractivity contribution in [1.29, 1.82) is 0 Å². The summed E-state index contributed by atoms with van der Waals surface area (Å²) in [5.74, 6) is 1.29. The molecule has 1 aromatic carbocycles. The van der Waals surface area contributed by atoms with Crippen molar-refractivity contribution in [2.45, 2.75) is 32.0 Å². The summed E-state index contributed by atoms with van der Waals surface area (Å²) in [6.45, 7) is 0.214.